The smallest absolute Gasteiger partial charge is 0.108 e. The van der Waals surface area contributed by atoms with Crippen LogP contribution in [0.2, 0.25) is 0 Å². The molecule has 0 amide bonds. The summed E-state index contributed by atoms with van der Waals surface area (Å²) in [5, 5.41) is 0. The Morgan fingerprint density at radius 2 is 1.33 bits per heavy atom. The molecule has 1 atom stereocenters. The molecule has 0 fully saturated rings. The molecule has 0 aromatic heterocycles. The van der Waals surface area contributed by atoms with E-state index in [9.17, 15) is 0 Å². The SMILES string of the molecule is NC(N)C(N)Cl. The van der Waals surface area contributed by atoms with Gasteiger partial charge in [-0.1, -0.05) is 0 Å². The van der Waals surface area contributed by atoms with Gasteiger partial charge in [0.05, 0.1) is 6.17 Å². The van der Waals surface area contributed by atoms with Crippen LogP contribution in [0.25, 0.3) is 0 Å². The molecule has 0 aliphatic rings. The summed E-state index contributed by atoms with van der Waals surface area (Å²) in [6.45, 7) is 0. The molecular formula is C2H8ClN3. The van der Waals surface area contributed by atoms with Crippen molar-refractivity contribution < 1.29 is 0 Å². The normalized spacial score (nSPS) is 15.5. The van der Waals surface area contributed by atoms with E-state index in [0.717, 1.165) is 0 Å². The Bertz CT molecular complexity index is 29.8. The molecule has 0 radical (unpaired) electrons. The molecule has 38 valence electrons. The Morgan fingerprint density at radius 1 is 1.17 bits per heavy atom. The second-order valence-electron chi connectivity index (χ2n) is 1.02. The van der Waals surface area contributed by atoms with Crippen molar-refractivity contribution in [3.8, 4) is 0 Å². The highest BCUT2D eigenvalue weighted by molar-refractivity contribution is 6.20. The van der Waals surface area contributed by atoms with Gasteiger partial charge in [-0.05, 0) is 0 Å². The third-order valence-electron chi connectivity index (χ3n) is 0.368. The zero-order valence-corrected chi connectivity index (χ0v) is 4.02. The first kappa shape index (κ1) is 6.17. The first-order valence-electron chi connectivity index (χ1n) is 1.55. The Morgan fingerprint density at radius 3 is 1.33 bits per heavy atom. The monoisotopic (exact) mass is 109 g/mol. The zero-order chi connectivity index (χ0) is 5.15. The summed E-state index contributed by atoms with van der Waals surface area (Å²) in [5.74, 6) is 0. The average molecular weight is 110 g/mol. The third kappa shape index (κ3) is 2.41. The number of rotatable bonds is 1. The molecule has 3 nitrogen and oxygen atoms in total. The van der Waals surface area contributed by atoms with Crippen LogP contribution in [0.15, 0.2) is 0 Å². The van der Waals surface area contributed by atoms with Gasteiger partial charge in [-0.2, -0.15) is 0 Å². The maximum absolute atomic E-state index is 5.14. The van der Waals surface area contributed by atoms with Crippen molar-refractivity contribution in [1.82, 2.24) is 0 Å². The highest BCUT2D eigenvalue weighted by atomic mass is 35.5. The van der Waals surface area contributed by atoms with E-state index in [1.54, 1.807) is 0 Å². The fraction of sp³-hybridized carbons (Fsp3) is 1.00. The van der Waals surface area contributed by atoms with Crippen LogP contribution in [0.4, 0.5) is 0 Å². The van der Waals surface area contributed by atoms with E-state index in [4.69, 9.17) is 28.8 Å². The van der Waals surface area contributed by atoms with E-state index in [1.807, 2.05) is 0 Å². The molecule has 1 unspecified atom stereocenters. The van der Waals surface area contributed by atoms with Gasteiger partial charge in [0, 0.05) is 0 Å². The Labute approximate surface area is 41.4 Å². The summed E-state index contributed by atoms with van der Waals surface area (Å²) in [7, 11) is 0. The van der Waals surface area contributed by atoms with Crippen LogP contribution in [0.5, 0.6) is 0 Å². The molecule has 0 aliphatic heterocycles. The number of alkyl halides is 1. The van der Waals surface area contributed by atoms with E-state index in [2.05, 4.69) is 0 Å². The highest BCUT2D eigenvalue weighted by Gasteiger charge is 1.99. The molecule has 0 spiro atoms. The van der Waals surface area contributed by atoms with E-state index < -0.39 is 11.7 Å². The fourth-order valence-corrected chi connectivity index (χ4v) is 0. The second-order valence-corrected chi connectivity index (χ2v) is 1.53. The van der Waals surface area contributed by atoms with Crippen molar-refractivity contribution in [2.24, 2.45) is 17.2 Å². The molecule has 0 saturated heterocycles. The molecule has 6 heavy (non-hydrogen) atoms. The summed E-state index contributed by atoms with van der Waals surface area (Å²) in [6, 6.07) is 0. The number of hydrogen-bond donors (Lipinski definition) is 3. The minimum Gasteiger partial charge on any atom is -0.314 e. The standard InChI is InChI=1S/C2H8ClN3/c3-1(4)2(5)6/h1-2H,4-6H2. The van der Waals surface area contributed by atoms with Crippen molar-refractivity contribution in [2.75, 3.05) is 0 Å². The van der Waals surface area contributed by atoms with Crippen LogP contribution in [0.3, 0.4) is 0 Å². The first-order valence-corrected chi connectivity index (χ1v) is 1.99. The van der Waals surface area contributed by atoms with Crippen molar-refractivity contribution in [1.29, 1.82) is 0 Å². The van der Waals surface area contributed by atoms with Crippen molar-refractivity contribution in [3.63, 3.8) is 0 Å². The van der Waals surface area contributed by atoms with Crippen LogP contribution >= 0.6 is 11.6 Å². The molecular weight excluding hydrogens is 101 g/mol. The fourth-order valence-electron chi connectivity index (χ4n) is 0. The lowest BCUT2D eigenvalue weighted by molar-refractivity contribution is 0.670. The highest BCUT2D eigenvalue weighted by Crippen LogP contribution is 1.81. The lowest BCUT2D eigenvalue weighted by Crippen LogP contribution is -2.44. The van der Waals surface area contributed by atoms with Crippen LogP contribution < -0.4 is 17.2 Å². The second kappa shape index (κ2) is 2.36. The van der Waals surface area contributed by atoms with Crippen LogP contribution in [-0.2, 0) is 0 Å². The minimum absolute atomic E-state index is 0.605. The lowest BCUT2D eigenvalue weighted by Gasteiger charge is -2.03. The lowest BCUT2D eigenvalue weighted by atomic mass is 10.6. The molecule has 0 saturated carbocycles. The summed E-state index contributed by atoms with van der Waals surface area (Å²) < 4.78 is 0. The first-order chi connectivity index (χ1) is 2.64. The number of nitrogens with two attached hydrogens (primary N) is 3. The number of hydrogen-bond acceptors (Lipinski definition) is 3. The number of halogens is 1. The topological polar surface area (TPSA) is 78.1 Å². The molecule has 4 heteroatoms. The predicted octanol–water partition coefficient (Wildman–Crippen LogP) is -1.25. The van der Waals surface area contributed by atoms with Gasteiger partial charge >= 0.3 is 0 Å². The van der Waals surface area contributed by atoms with E-state index >= 15 is 0 Å². The minimum atomic E-state index is -0.620. The molecule has 0 heterocycles. The van der Waals surface area contributed by atoms with Gasteiger partial charge < -0.3 is 17.2 Å². The molecule has 6 N–H and O–H groups in total. The zero-order valence-electron chi connectivity index (χ0n) is 3.26. The van der Waals surface area contributed by atoms with Crippen molar-refractivity contribution in [3.05, 3.63) is 0 Å². The predicted molar refractivity (Wildman–Crippen MR) is 26.0 cm³/mol. The summed E-state index contributed by atoms with van der Waals surface area (Å²) in [5.41, 5.74) is 14.2. The van der Waals surface area contributed by atoms with Crippen LogP contribution in [-0.4, -0.2) is 11.7 Å². The van der Waals surface area contributed by atoms with E-state index in [0.29, 0.717) is 0 Å². The van der Waals surface area contributed by atoms with Gasteiger partial charge in [0.15, 0.2) is 0 Å². The molecule has 0 aromatic rings. The van der Waals surface area contributed by atoms with E-state index in [1.165, 1.54) is 0 Å². The molecule has 0 aliphatic carbocycles. The van der Waals surface area contributed by atoms with Gasteiger partial charge in [0.25, 0.3) is 0 Å². The van der Waals surface area contributed by atoms with Crippen molar-refractivity contribution in [2.45, 2.75) is 11.7 Å². The van der Waals surface area contributed by atoms with Gasteiger partial charge in [-0.15, -0.1) is 11.6 Å². The maximum atomic E-state index is 5.14. The van der Waals surface area contributed by atoms with Gasteiger partial charge in [0.2, 0.25) is 0 Å². The Balaban J connectivity index is 2.99. The van der Waals surface area contributed by atoms with Crippen LogP contribution in [0, 0.1) is 0 Å². The largest absolute Gasteiger partial charge is 0.314 e. The summed E-state index contributed by atoms with van der Waals surface area (Å²) >= 11 is 5.14. The van der Waals surface area contributed by atoms with Crippen molar-refractivity contribution >= 4 is 11.6 Å². The Kier molecular flexibility index (Phi) is 2.43. The molecule has 0 rings (SSSR count). The molecule has 0 bridgehead atoms. The third-order valence-corrected chi connectivity index (χ3v) is 0.659. The Hall–Kier alpha value is 0.170. The quantitative estimate of drug-likeness (QED) is 0.224. The van der Waals surface area contributed by atoms with Gasteiger partial charge in [-0.3, -0.25) is 0 Å². The van der Waals surface area contributed by atoms with Crippen LogP contribution in [0.1, 0.15) is 0 Å². The average Bonchev–Trinajstić information content (AvgIpc) is 1.36. The molecule has 0 aromatic carbocycles. The maximum Gasteiger partial charge on any atom is 0.108 e. The summed E-state index contributed by atoms with van der Waals surface area (Å²) in [6.07, 6.45) is -0.605. The van der Waals surface area contributed by atoms with E-state index in [-0.39, 0.29) is 0 Å². The van der Waals surface area contributed by atoms with Gasteiger partial charge in [0.1, 0.15) is 5.50 Å². The summed E-state index contributed by atoms with van der Waals surface area (Å²) in [4.78, 5) is 0. The van der Waals surface area contributed by atoms with Gasteiger partial charge in [-0.25, -0.2) is 0 Å².